The van der Waals surface area contributed by atoms with Crippen LogP contribution in [0.5, 0.6) is 0 Å². The third-order valence-electron chi connectivity index (χ3n) is 1.34. The van der Waals surface area contributed by atoms with Crippen molar-refractivity contribution >= 4 is 0 Å². The second kappa shape index (κ2) is 2.54. The highest BCUT2D eigenvalue weighted by Gasteiger charge is 2.09. The second-order valence-electron chi connectivity index (χ2n) is 2.23. The lowest BCUT2D eigenvalue weighted by atomic mass is 10.2. The van der Waals surface area contributed by atoms with Crippen molar-refractivity contribution in [3.63, 3.8) is 0 Å². The van der Waals surface area contributed by atoms with Gasteiger partial charge >= 0.3 is 0 Å². The van der Waals surface area contributed by atoms with Gasteiger partial charge in [0.1, 0.15) is 6.17 Å². The summed E-state index contributed by atoms with van der Waals surface area (Å²) < 4.78 is 0. The molecule has 0 aromatic heterocycles. The van der Waals surface area contributed by atoms with Crippen molar-refractivity contribution in [1.82, 2.24) is 4.90 Å². The molecule has 0 bridgehead atoms. The Labute approximate surface area is 60.0 Å². The zero-order valence-corrected chi connectivity index (χ0v) is 5.78. The molecule has 1 rings (SSSR count). The minimum Gasteiger partial charge on any atom is -0.307 e. The van der Waals surface area contributed by atoms with E-state index in [4.69, 9.17) is 11.0 Å². The summed E-state index contributed by atoms with van der Waals surface area (Å²) in [6, 6.07) is 0. The molecule has 0 saturated carbocycles. The lowest BCUT2D eigenvalue weighted by Gasteiger charge is -2.19. The van der Waals surface area contributed by atoms with Gasteiger partial charge in [0.15, 0.2) is 6.19 Å². The van der Waals surface area contributed by atoms with E-state index in [-0.39, 0.29) is 6.17 Å². The van der Waals surface area contributed by atoms with Gasteiger partial charge in [-0.2, -0.15) is 5.26 Å². The molecule has 1 aliphatic rings. The first-order chi connectivity index (χ1) is 4.74. The highest BCUT2D eigenvalue weighted by molar-refractivity contribution is 5.23. The molecule has 1 atom stereocenters. The first-order valence-corrected chi connectivity index (χ1v) is 3.04. The van der Waals surface area contributed by atoms with Crippen molar-refractivity contribution in [2.45, 2.75) is 13.1 Å². The molecule has 0 amide bonds. The maximum absolute atomic E-state index is 8.50. The number of nitrogens with two attached hydrogens (primary N) is 1. The Balaban J connectivity index is 2.79. The minimum absolute atomic E-state index is 0.284. The van der Waals surface area contributed by atoms with E-state index in [1.54, 1.807) is 12.3 Å². The molecule has 0 aliphatic carbocycles. The summed E-state index contributed by atoms with van der Waals surface area (Å²) in [5.74, 6) is 0. The van der Waals surface area contributed by atoms with E-state index in [1.165, 1.54) is 4.90 Å². The van der Waals surface area contributed by atoms with E-state index in [0.717, 1.165) is 5.57 Å². The molecule has 10 heavy (non-hydrogen) atoms. The number of hydrogen-bond donors (Lipinski definition) is 1. The number of nitriles is 1. The van der Waals surface area contributed by atoms with Crippen LogP contribution in [-0.2, 0) is 0 Å². The Morgan fingerprint density at radius 3 is 3.00 bits per heavy atom. The van der Waals surface area contributed by atoms with Crippen molar-refractivity contribution in [3.05, 3.63) is 23.9 Å². The van der Waals surface area contributed by atoms with E-state index in [9.17, 15) is 0 Å². The number of allylic oxidation sites excluding steroid dienone is 2. The molecule has 1 heterocycles. The topological polar surface area (TPSA) is 53.0 Å². The Bertz CT molecular complexity index is 221. The van der Waals surface area contributed by atoms with Gasteiger partial charge in [0.2, 0.25) is 0 Å². The molecule has 0 saturated heterocycles. The highest BCUT2D eigenvalue weighted by Crippen LogP contribution is 2.07. The largest absolute Gasteiger partial charge is 0.307 e. The van der Waals surface area contributed by atoms with Crippen LogP contribution in [0.4, 0.5) is 0 Å². The fraction of sp³-hybridized carbons (Fsp3) is 0.286. The summed E-state index contributed by atoms with van der Waals surface area (Å²) in [6.07, 6.45) is 7.10. The fourth-order valence-corrected chi connectivity index (χ4v) is 0.787. The van der Waals surface area contributed by atoms with Crippen LogP contribution in [0, 0.1) is 11.5 Å². The Hall–Kier alpha value is -1.27. The molecular formula is C7H9N3. The van der Waals surface area contributed by atoms with Gasteiger partial charge in [0.25, 0.3) is 0 Å². The van der Waals surface area contributed by atoms with Crippen LogP contribution < -0.4 is 5.73 Å². The van der Waals surface area contributed by atoms with Crippen LogP contribution in [-0.4, -0.2) is 11.1 Å². The molecule has 1 unspecified atom stereocenters. The summed E-state index contributed by atoms with van der Waals surface area (Å²) in [6.45, 7) is 1.92. The van der Waals surface area contributed by atoms with Gasteiger partial charge in [-0.05, 0) is 18.6 Å². The molecule has 52 valence electrons. The lowest BCUT2D eigenvalue weighted by Crippen LogP contribution is -2.34. The maximum Gasteiger partial charge on any atom is 0.185 e. The van der Waals surface area contributed by atoms with Crippen LogP contribution >= 0.6 is 0 Å². The van der Waals surface area contributed by atoms with E-state index in [2.05, 4.69) is 0 Å². The number of hydrogen-bond acceptors (Lipinski definition) is 3. The summed E-state index contributed by atoms with van der Waals surface area (Å²) in [5.41, 5.74) is 6.57. The predicted molar refractivity (Wildman–Crippen MR) is 38.3 cm³/mol. The predicted octanol–water partition coefficient (Wildman–Crippen LogP) is 0.528. The van der Waals surface area contributed by atoms with Crippen molar-refractivity contribution in [2.24, 2.45) is 5.73 Å². The average molecular weight is 135 g/mol. The van der Waals surface area contributed by atoms with Gasteiger partial charge in [-0.15, -0.1) is 0 Å². The van der Waals surface area contributed by atoms with E-state index < -0.39 is 0 Å². The Morgan fingerprint density at radius 1 is 1.80 bits per heavy atom. The molecule has 0 radical (unpaired) electrons. The van der Waals surface area contributed by atoms with E-state index >= 15 is 0 Å². The van der Waals surface area contributed by atoms with E-state index in [0.29, 0.717) is 0 Å². The zero-order valence-electron chi connectivity index (χ0n) is 5.78. The number of rotatable bonds is 0. The molecule has 0 aromatic rings. The van der Waals surface area contributed by atoms with Crippen LogP contribution in [0.2, 0.25) is 0 Å². The molecule has 1 aliphatic heterocycles. The van der Waals surface area contributed by atoms with Crippen molar-refractivity contribution in [2.75, 3.05) is 0 Å². The van der Waals surface area contributed by atoms with Gasteiger partial charge in [-0.3, -0.25) is 4.90 Å². The molecule has 3 heteroatoms. The minimum atomic E-state index is -0.284. The lowest BCUT2D eigenvalue weighted by molar-refractivity contribution is 0.444. The zero-order chi connectivity index (χ0) is 7.56. The Morgan fingerprint density at radius 2 is 2.50 bits per heavy atom. The monoisotopic (exact) mass is 135 g/mol. The first kappa shape index (κ1) is 6.84. The smallest absolute Gasteiger partial charge is 0.185 e. The van der Waals surface area contributed by atoms with Gasteiger partial charge in [0, 0.05) is 6.20 Å². The van der Waals surface area contributed by atoms with Gasteiger partial charge < -0.3 is 5.73 Å². The highest BCUT2D eigenvalue weighted by atomic mass is 15.2. The molecular weight excluding hydrogens is 126 g/mol. The first-order valence-electron chi connectivity index (χ1n) is 3.04. The van der Waals surface area contributed by atoms with Crippen LogP contribution in [0.3, 0.4) is 0 Å². The van der Waals surface area contributed by atoms with Gasteiger partial charge in [-0.25, -0.2) is 0 Å². The Kier molecular flexibility index (Phi) is 1.74. The standard InChI is InChI=1S/C7H9N3/c1-6-2-3-7(9)10(4-6)5-8/h2-4,7H,9H2,1H3. The molecule has 3 nitrogen and oxygen atoms in total. The average Bonchev–Trinajstić information content (AvgIpc) is 1.94. The van der Waals surface area contributed by atoms with Crippen LogP contribution in [0.1, 0.15) is 6.92 Å². The van der Waals surface area contributed by atoms with Crippen molar-refractivity contribution in [3.8, 4) is 6.19 Å². The maximum atomic E-state index is 8.50. The quantitative estimate of drug-likeness (QED) is 0.493. The summed E-state index contributed by atoms with van der Waals surface area (Å²) in [7, 11) is 0. The van der Waals surface area contributed by atoms with Crippen molar-refractivity contribution in [1.29, 1.82) is 5.26 Å². The normalized spacial score (nSPS) is 23.9. The molecule has 0 spiro atoms. The van der Waals surface area contributed by atoms with Crippen molar-refractivity contribution < 1.29 is 0 Å². The SMILES string of the molecule is CC1=CN(C#N)C(N)C=C1. The van der Waals surface area contributed by atoms with E-state index in [1.807, 2.05) is 19.2 Å². The summed E-state index contributed by atoms with van der Waals surface area (Å²) in [4.78, 5) is 1.41. The third-order valence-corrected chi connectivity index (χ3v) is 1.34. The van der Waals surface area contributed by atoms with Gasteiger partial charge in [0.05, 0.1) is 0 Å². The number of nitrogens with zero attached hydrogens (tertiary/aromatic N) is 2. The molecule has 0 fully saturated rings. The fourth-order valence-electron chi connectivity index (χ4n) is 0.787. The van der Waals surface area contributed by atoms with Gasteiger partial charge in [-0.1, -0.05) is 6.08 Å². The second-order valence-corrected chi connectivity index (χ2v) is 2.23. The van der Waals surface area contributed by atoms with Crippen LogP contribution in [0.15, 0.2) is 23.9 Å². The summed E-state index contributed by atoms with van der Waals surface area (Å²) >= 11 is 0. The van der Waals surface area contributed by atoms with Crippen LogP contribution in [0.25, 0.3) is 0 Å². The third kappa shape index (κ3) is 1.17. The molecule has 2 N–H and O–H groups in total. The molecule has 0 aromatic carbocycles. The summed E-state index contributed by atoms with van der Waals surface area (Å²) in [5, 5.41) is 8.50.